The lowest BCUT2D eigenvalue weighted by molar-refractivity contribution is 0.0947. The third-order valence-corrected chi connectivity index (χ3v) is 2.52. The topological polar surface area (TPSA) is 88.3 Å². The molecule has 0 radical (unpaired) electrons. The molecule has 0 aliphatic carbocycles. The normalized spacial score (nSPS) is 10.1. The Hall–Kier alpha value is -2.70. The van der Waals surface area contributed by atoms with Crippen molar-refractivity contribution in [2.24, 2.45) is 0 Å². The van der Waals surface area contributed by atoms with Crippen LogP contribution < -0.4 is 15.8 Å². The van der Waals surface area contributed by atoms with Crippen LogP contribution in [0.15, 0.2) is 39.9 Å². The van der Waals surface area contributed by atoms with Gasteiger partial charge in [0, 0.05) is 26.4 Å². The molecule has 0 aromatic carbocycles. The second-order valence-corrected chi connectivity index (χ2v) is 4.25. The maximum atomic E-state index is 11.8. The molecular weight excluding hydrogens is 260 g/mol. The summed E-state index contributed by atoms with van der Waals surface area (Å²) in [5.74, 6) is 0.907. The van der Waals surface area contributed by atoms with Gasteiger partial charge in [-0.05, 0) is 12.1 Å². The molecular formula is C13H14N4O3. The number of hydrogen-bond donors (Lipinski definition) is 1. The van der Waals surface area contributed by atoms with E-state index in [1.165, 1.54) is 12.1 Å². The molecule has 7 nitrogen and oxygen atoms in total. The lowest BCUT2D eigenvalue weighted by atomic mass is 10.3. The van der Waals surface area contributed by atoms with E-state index in [4.69, 9.17) is 0 Å². The molecule has 104 valence electrons. The number of aromatic nitrogens is 2. The van der Waals surface area contributed by atoms with E-state index >= 15 is 0 Å². The van der Waals surface area contributed by atoms with Gasteiger partial charge in [-0.15, -0.1) is 0 Å². The van der Waals surface area contributed by atoms with Crippen molar-refractivity contribution in [3.8, 4) is 0 Å². The third kappa shape index (κ3) is 3.41. The first-order valence-electron chi connectivity index (χ1n) is 5.92. The molecule has 0 unspecified atom stereocenters. The second-order valence-electron chi connectivity index (χ2n) is 4.25. The van der Waals surface area contributed by atoms with Crippen LogP contribution in [0.1, 0.15) is 16.2 Å². The predicted molar refractivity (Wildman–Crippen MR) is 72.5 cm³/mol. The Morgan fingerprint density at radius 2 is 2.15 bits per heavy atom. The highest BCUT2D eigenvalue weighted by Crippen LogP contribution is 2.05. The zero-order valence-corrected chi connectivity index (χ0v) is 11.2. The van der Waals surface area contributed by atoms with E-state index in [-0.39, 0.29) is 18.0 Å². The van der Waals surface area contributed by atoms with E-state index in [0.29, 0.717) is 5.82 Å². The van der Waals surface area contributed by atoms with E-state index in [1.807, 2.05) is 19.0 Å². The molecule has 1 N–H and O–H groups in total. The highest BCUT2D eigenvalue weighted by molar-refractivity contribution is 5.93. The Morgan fingerprint density at radius 3 is 2.80 bits per heavy atom. The summed E-state index contributed by atoms with van der Waals surface area (Å²) in [4.78, 5) is 32.8. The largest absolute Gasteiger partial charge is 0.430 e. The summed E-state index contributed by atoms with van der Waals surface area (Å²) in [7, 11) is 3.74. The summed E-state index contributed by atoms with van der Waals surface area (Å²) >= 11 is 0. The third-order valence-electron chi connectivity index (χ3n) is 2.52. The standard InChI is InChI=1S/C13H14N4O3/c1-17(2)11-5-6-14-10(16-11)7-15-13(19)9-3-4-12(18)20-8-9/h3-6,8H,7H2,1-2H3,(H,15,19). The zero-order valence-electron chi connectivity index (χ0n) is 11.2. The molecule has 1 amide bonds. The average molecular weight is 274 g/mol. The van der Waals surface area contributed by atoms with Gasteiger partial charge in [0.25, 0.3) is 5.91 Å². The molecule has 0 fully saturated rings. The lowest BCUT2D eigenvalue weighted by Crippen LogP contribution is -2.24. The minimum Gasteiger partial charge on any atom is -0.430 e. The van der Waals surface area contributed by atoms with E-state index in [2.05, 4.69) is 19.7 Å². The first-order chi connectivity index (χ1) is 9.56. The number of amides is 1. The van der Waals surface area contributed by atoms with Crippen molar-refractivity contribution in [3.63, 3.8) is 0 Å². The van der Waals surface area contributed by atoms with Crippen LogP contribution in [0.25, 0.3) is 0 Å². The number of hydrogen-bond acceptors (Lipinski definition) is 6. The van der Waals surface area contributed by atoms with Crippen LogP contribution in [0, 0.1) is 0 Å². The van der Waals surface area contributed by atoms with Crippen LogP contribution in [0.4, 0.5) is 5.82 Å². The number of anilines is 1. The SMILES string of the molecule is CN(C)c1ccnc(CNC(=O)c2ccc(=O)oc2)n1. The van der Waals surface area contributed by atoms with E-state index in [1.54, 1.807) is 12.3 Å². The van der Waals surface area contributed by atoms with Crippen molar-refractivity contribution in [1.29, 1.82) is 0 Å². The van der Waals surface area contributed by atoms with Gasteiger partial charge in [-0.2, -0.15) is 0 Å². The molecule has 2 aromatic heterocycles. The molecule has 0 aliphatic heterocycles. The van der Waals surface area contributed by atoms with Crippen molar-refractivity contribution in [2.75, 3.05) is 19.0 Å². The van der Waals surface area contributed by atoms with E-state index in [9.17, 15) is 9.59 Å². The number of carbonyl (C=O) groups is 1. The fourth-order valence-corrected chi connectivity index (χ4v) is 1.47. The molecule has 2 rings (SSSR count). The van der Waals surface area contributed by atoms with Gasteiger partial charge in [0.2, 0.25) is 0 Å². The van der Waals surface area contributed by atoms with Gasteiger partial charge in [0.15, 0.2) is 0 Å². The molecule has 7 heteroatoms. The summed E-state index contributed by atoms with van der Waals surface area (Å²) < 4.78 is 4.63. The number of rotatable bonds is 4. The Kier molecular flexibility index (Phi) is 4.09. The van der Waals surface area contributed by atoms with Gasteiger partial charge in [-0.1, -0.05) is 0 Å². The first-order valence-corrected chi connectivity index (χ1v) is 5.92. The highest BCUT2D eigenvalue weighted by Gasteiger charge is 2.07. The molecule has 0 spiro atoms. The summed E-state index contributed by atoms with van der Waals surface area (Å²) in [5.41, 5.74) is -0.225. The number of carbonyl (C=O) groups excluding carboxylic acids is 1. The smallest absolute Gasteiger partial charge is 0.335 e. The Bertz CT molecular complexity index is 646. The fraction of sp³-hybridized carbons (Fsp3) is 0.231. The van der Waals surface area contributed by atoms with Gasteiger partial charge < -0.3 is 14.6 Å². The van der Waals surface area contributed by atoms with Crippen LogP contribution in [0.5, 0.6) is 0 Å². The van der Waals surface area contributed by atoms with Gasteiger partial charge >= 0.3 is 5.63 Å². The van der Waals surface area contributed by atoms with Crippen molar-refractivity contribution in [2.45, 2.75) is 6.54 Å². The van der Waals surface area contributed by atoms with Gasteiger partial charge in [0.1, 0.15) is 17.9 Å². The van der Waals surface area contributed by atoms with Crippen LogP contribution in [-0.2, 0) is 6.54 Å². The van der Waals surface area contributed by atoms with Gasteiger partial charge in [-0.3, -0.25) is 4.79 Å². The fourth-order valence-electron chi connectivity index (χ4n) is 1.47. The summed E-state index contributed by atoms with van der Waals surface area (Å²) in [6, 6.07) is 4.37. The molecule has 2 aromatic rings. The number of nitrogens with zero attached hydrogens (tertiary/aromatic N) is 3. The van der Waals surface area contributed by atoms with Crippen LogP contribution in [-0.4, -0.2) is 30.0 Å². The van der Waals surface area contributed by atoms with Crippen molar-refractivity contribution in [3.05, 3.63) is 52.5 Å². The summed E-state index contributed by atoms with van der Waals surface area (Å²) in [6.45, 7) is 0.194. The monoisotopic (exact) mass is 274 g/mol. The lowest BCUT2D eigenvalue weighted by Gasteiger charge is -2.11. The van der Waals surface area contributed by atoms with E-state index < -0.39 is 5.63 Å². The zero-order chi connectivity index (χ0) is 14.5. The Morgan fingerprint density at radius 1 is 1.35 bits per heavy atom. The minimum atomic E-state index is -0.497. The molecule has 0 bridgehead atoms. The van der Waals surface area contributed by atoms with Crippen molar-refractivity contribution < 1.29 is 9.21 Å². The Labute approximate surface area is 115 Å². The van der Waals surface area contributed by atoms with Crippen LogP contribution in [0.2, 0.25) is 0 Å². The number of nitrogens with one attached hydrogen (secondary N) is 1. The quantitative estimate of drug-likeness (QED) is 0.869. The molecule has 20 heavy (non-hydrogen) atoms. The molecule has 2 heterocycles. The average Bonchev–Trinajstić information content (AvgIpc) is 2.46. The summed E-state index contributed by atoms with van der Waals surface area (Å²) in [5, 5.41) is 2.66. The Balaban J connectivity index is 2.01. The molecule has 0 saturated heterocycles. The highest BCUT2D eigenvalue weighted by atomic mass is 16.4. The maximum absolute atomic E-state index is 11.8. The minimum absolute atomic E-state index is 0.194. The van der Waals surface area contributed by atoms with Crippen LogP contribution >= 0.6 is 0 Å². The maximum Gasteiger partial charge on any atom is 0.335 e. The summed E-state index contributed by atoms with van der Waals surface area (Å²) in [6.07, 6.45) is 2.75. The molecule has 0 saturated carbocycles. The van der Waals surface area contributed by atoms with Crippen LogP contribution in [0.3, 0.4) is 0 Å². The van der Waals surface area contributed by atoms with Crippen molar-refractivity contribution in [1.82, 2.24) is 15.3 Å². The van der Waals surface area contributed by atoms with Gasteiger partial charge in [-0.25, -0.2) is 14.8 Å². The molecule has 0 atom stereocenters. The first kappa shape index (κ1) is 13.7. The molecule has 0 aliphatic rings. The predicted octanol–water partition coefficient (Wildman–Crippen LogP) is 0.426. The van der Waals surface area contributed by atoms with Gasteiger partial charge in [0.05, 0.1) is 12.1 Å². The van der Waals surface area contributed by atoms with E-state index in [0.717, 1.165) is 12.1 Å². The second kappa shape index (κ2) is 5.96. The van der Waals surface area contributed by atoms with Crippen molar-refractivity contribution >= 4 is 11.7 Å².